The number of aliphatic hydroxyl groups excluding tert-OH is 3. The largest absolute Gasteiger partial charge is 0.508 e. The van der Waals surface area contributed by atoms with Crippen molar-refractivity contribution in [3.63, 3.8) is 0 Å². The number of carboxylic acid groups (broad SMARTS) is 1. The van der Waals surface area contributed by atoms with Gasteiger partial charge in [-0.05, 0) is 40.2 Å². The SMILES string of the molecule is CC(C)(C)c1cc(C(C)(C)C)c(NC(=O)c2cn([C@H]3O[C@H](C(=O)O)[C@@H](O)[C@H](O)[C@H]3O)c3ccccc3c2=O)cc1O. The Morgan fingerprint density at radius 2 is 1.51 bits per heavy atom. The van der Waals surface area contributed by atoms with Crippen molar-refractivity contribution in [2.45, 2.75) is 83.0 Å². The van der Waals surface area contributed by atoms with Crippen LogP contribution in [0.4, 0.5) is 5.69 Å². The molecule has 5 atom stereocenters. The minimum atomic E-state index is -1.91. The number of hydrogen-bond donors (Lipinski definition) is 6. The summed E-state index contributed by atoms with van der Waals surface area (Å²) in [5.74, 6) is -2.41. The summed E-state index contributed by atoms with van der Waals surface area (Å²) in [7, 11) is 0. The van der Waals surface area contributed by atoms with Gasteiger partial charge in [0.15, 0.2) is 12.3 Å². The Balaban J connectivity index is 1.86. The number of pyridine rings is 1. The number of hydrogen-bond acceptors (Lipinski definition) is 8. The van der Waals surface area contributed by atoms with Crippen molar-refractivity contribution in [1.82, 2.24) is 4.57 Å². The molecule has 220 valence electrons. The van der Waals surface area contributed by atoms with E-state index in [0.717, 1.165) is 11.8 Å². The first kappa shape index (κ1) is 30.2. The van der Waals surface area contributed by atoms with Gasteiger partial charge in [-0.3, -0.25) is 9.59 Å². The zero-order chi connectivity index (χ0) is 30.6. The molecular weight excluding hydrogens is 532 g/mol. The van der Waals surface area contributed by atoms with Crippen molar-refractivity contribution in [2.75, 3.05) is 5.32 Å². The average molecular weight is 569 g/mol. The third-order valence-electron chi connectivity index (χ3n) is 7.29. The highest BCUT2D eigenvalue weighted by Crippen LogP contribution is 2.40. The van der Waals surface area contributed by atoms with Crippen LogP contribution in [0, 0.1) is 0 Å². The summed E-state index contributed by atoms with van der Waals surface area (Å²) in [4.78, 5) is 38.8. The maximum atomic E-state index is 13.7. The van der Waals surface area contributed by atoms with E-state index >= 15 is 0 Å². The van der Waals surface area contributed by atoms with Crippen LogP contribution >= 0.6 is 0 Å². The number of amides is 1. The second-order valence-electron chi connectivity index (χ2n) is 12.4. The number of fused-ring (bicyclic) bond motifs is 1. The summed E-state index contributed by atoms with van der Waals surface area (Å²) < 4.78 is 6.69. The second-order valence-corrected chi connectivity index (χ2v) is 12.4. The van der Waals surface area contributed by atoms with Crippen LogP contribution in [0.15, 0.2) is 47.4 Å². The highest BCUT2D eigenvalue weighted by Gasteiger charge is 2.48. The van der Waals surface area contributed by atoms with Crippen LogP contribution in [-0.4, -0.2) is 66.4 Å². The highest BCUT2D eigenvalue weighted by molar-refractivity contribution is 6.06. The predicted octanol–water partition coefficient (Wildman–Crippen LogP) is 2.62. The molecule has 0 radical (unpaired) electrons. The number of phenolic OH excluding ortho intramolecular Hbond substituents is 1. The Labute approximate surface area is 236 Å². The van der Waals surface area contributed by atoms with E-state index < -0.39 is 53.4 Å². The van der Waals surface area contributed by atoms with Crippen LogP contribution in [0.2, 0.25) is 0 Å². The summed E-state index contributed by atoms with van der Waals surface area (Å²) in [6.07, 6.45) is -7.91. The second kappa shape index (κ2) is 10.6. The van der Waals surface area contributed by atoms with Crippen LogP contribution in [0.25, 0.3) is 10.9 Å². The first-order valence-corrected chi connectivity index (χ1v) is 13.2. The van der Waals surface area contributed by atoms with Gasteiger partial charge in [0.2, 0.25) is 5.43 Å². The number of aliphatic carboxylic acids is 1. The molecule has 0 spiro atoms. The molecule has 1 amide bonds. The number of carboxylic acids is 1. The molecule has 11 nitrogen and oxygen atoms in total. The molecule has 1 aliphatic rings. The number of carbonyl (C=O) groups excluding carboxylic acids is 1. The molecule has 41 heavy (non-hydrogen) atoms. The van der Waals surface area contributed by atoms with Crippen LogP contribution in [0.1, 0.15) is 69.3 Å². The third-order valence-corrected chi connectivity index (χ3v) is 7.29. The van der Waals surface area contributed by atoms with Crippen LogP contribution < -0.4 is 10.7 Å². The van der Waals surface area contributed by atoms with E-state index in [-0.39, 0.29) is 27.6 Å². The van der Waals surface area contributed by atoms with Crippen LogP contribution in [-0.2, 0) is 20.4 Å². The Bertz CT molecular complexity index is 1570. The maximum absolute atomic E-state index is 13.7. The van der Waals surface area contributed by atoms with Crippen LogP contribution in [0.3, 0.4) is 0 Å². The van der Waals surface area contributed by atoms with Crippen molar-refractivity contribution in [3.8, 4) is 5.75 Å². The first-order valence-electron chi connectivity index (χ1n) is 13.2. The molecule has 11 heteroatoms. The number of nitrogens with zero attached hydrogens (tertiary/aromatic N) is 1. The fourth-order valence-electron chi connectivity index (χ4n) is 5.07. The number of rotatable bonds is 4. The van der Waals surface area contributed by atoms with E-state index in [1.807, 2.05) is 47.6 Å². The van der Waals surface area contributed by atoms with E-state index in [4.69, 9.17) is 4.74 Å². The zero-order valence-electron chi connectivity index (χ0n) is 23.7. The lowest BCUT2D eigenvalue weighted by Crippen LogP contribution is -2.57. The fraction of sp³-hybridized carbons (Fsp3) is 0.433. The lowest BCUT2D eigenvalue weighted by atomic mass is 9.79. The third kappa shape index (κ3) is 5.58. The molecule has 6 N–H and O–H groups in total. The van der Waals surface area contributed by atoms with Gasteiger partial charge in [-0.2, -0.15) is 0 Å². The van der Waals surface area contributed by atoms with Gasteiger partial charge in [0.25, 0.3) is 5.91 Å². The van der Waals surface area contributed by atoms with Crippen molar-refractivity contribution in [1.29, 1.82) is 0 Å². The van der Waals surface area contributed by atoms with Crippen molar-refractivity contribution in [3.05, 3.63) is 69.5 Å². The molecule has 1 aliphatic heterocycles. The smallest absolute Gasteiger partial charge is 0.335 e. The van der Waals surface area contributed by atoms with Gasteiger partial charge in [-0.15, -0.1) is 0 Å². The molecule has 0 aliphatic carbocycles. The first-order chi connectivity index (χ1) is 18.9. The Kier molecular flexibility index (Phi) is 7.78. The molecule has 1 saturated heterocycles. The van der Waals surface area contributed by atoms with E-state index in [1.54, 1.807) is 12.1 Å². The number of anilines is 1. The number of phenols is 1. The molecule has 4 rings (SSSR count). The van der Waals surface area contributed by atoms with Gasteiger partial charge in [0, 0.05) is 23.3 Å². The van der Waals surface area contributed by atoms with Gasteiger partial charge in [-0.25, -0.2) is 4.79 Å². The fourth-order valence-corrected chi connectivity index (χ4v) is 5.07. The summed E-state index contributed by atoms with van der Waals surface area (Å²) in [6, 6.07) is 9.43. The van der Waals surface area contributed by atoms with Gasteiger partial charge in [-0.1, -0.05) is 53.7 Å². The maximum Gasteiger partial charge on any atom is 0.335 e. The van der Waals surface area contributed by atoms with E-state index in [2.05, 4.69) is 5.32 Å². The highest BCUT2D eigenvalue weighted by atomic mass is 16.6. The van der Waals surface area contributed by atoms with Crippen LogP contribution in [0.5, 0.6) is 5.75 Å². The topological polar surface area (TPSA) is 179 Å². The monoisotopic (exact) mass is 568 g/mol. The summed E-state index contributed by atoms with van der Waals surface area (Å²) in [5.41, 5.74) is 0.0784. The molecule has 3 aromatic rings. The number of ether oxygens (including phenoxy) is 1. The van der Waals surface area contributed by atoms with Crippen molar-refractivity contribution >= 4 is 28.5 Å². The Morgan fingerprint density at radius 1 is 0.902 bits per heavy atom. The molecule has 1 fully saturated rings. The van der Waals surface area contributed by atoms with E-state index in [1.165, 1.54) is 22.8 Å². The van der Waals surface area contributed by atoms with Crippen molar-refractivity contribution in [2.24, 2.45) is 0 Å². The van der Waals surface area contributed by atoms with Crippen molar-refractivity contribution < 1.29 is 39.9 Å². The van der Waals surface area contributed by atoms with Gasteiger partial charge in [0.05, 0.1) is 5.52 Å². The summed E-state index contributed by atoms with van der Waals surface area (Å²) >= 11 is 0. The molecular formula is C30H36N2O9. The quantitative estimate of drug-likeness (QED) is 0.276. The normalized spacial score (nSPS) is 23.4. The van der Waals surface area contributed by atoms with E-state index in [9.17, 15) is 39.9 Å². The number of carbonyl (C=O) groups is 2. The number of para-hydroxylation sites is 1. The van der Waals surface area contributed by atoms with Gasteiger partial charge >= 0.3 is 5.97 Å². The Hall–Kier alpha value is -3.77. The standard InChI is InChI=1S/C30H36N2O9/c1-29(2,3)16-11-17(30(4,5)6)20(33)12-18(16)31-26(38)15-13-32(19-10-8-7-9-14(19)21(15)34)27-24(37)22(35)23(36)25(41-27)28(39)40/h7-13,22-25,27,33,35-37H,1-6H3,(H,31,38)(H,39,40)/t22-,23-,24+,25-,27-/m0/s1. The Morgan fingerprint density at radius 3 is 2.10 bits per heavy atom. The summed E-state index contributed by atoms with van der Waals surface area (Å²) in [5, 5.41) is 54.4. The number of benzene rings is 2. The molecule has 1 aromatic heterocycles. The molecule has 0 saturated carbocycles. The molecule has 2 heterocycles. The number of aromatic nitrogens is 1. The molecule has 0 bridgehead atoms. The van der Waals surface area contributed by atoms with Gasteiger partial charge < -0.3 is 40.2 Å². The molecule has 0 unspecified atom stereocenters. The number of nitrogens with one attached hydrogen (secondary N) is 1. The molecule has 2 aromatic carbocycles. The summed E-state index contributed by atoms with van der Waals surface area (Å²) in [6.45, 7) is 11.7. The lowest BCUT2D eigenvalue weighted by molar-refractivity contribution is -0.245. The number of aliphatic hydroxyl groups is 3. The zero-order valence-corrected chi connectivity index (χ0v) is 23.7. The van der Waals surface area contributed by atoms with Gasteiger partial charge in [0.1, 0.15) is 29.6 Å². The average Bonchev–Trinajstić information content (AvgIpc) is 2.86. The van der Waals surface area contributed by atoms with E-state index in [0.29, 0.717) is 11.3 Å². The predicted molar refractivity (Wildman–Crippen MR) is 151 cm³/mol. The number of aromatic hydroxyl groups is 1. The minimum Gasteiger partial charge on any atom is -0.508 e. The minimum absolute atomic E-state index is 0.0253. The lowest BCUT2D eigenvalue weighted by Gasteiger charge is -2.40.